The molecule has 0 radical (unpaired) electrons. The van der Waals surface area contributed by atoms with E-state index >= 15 is 0 Å². The van der Waals surface area contributed by atoms with Gasteiger partial charge in [-0.25, -0.2) is 4.98 Å². The zero-order valence-electron chi connectivity index (χ0n) is 15.0. The summed E-state index contributed by atoms with van der Waals surface area (Å²) in [6, 6.07) is 7.50. The van der Waals surface area contributed by atoms with Crippen LogP contribution >= 0.6 is 11.3 Å². The van der Waals surface area contributed by atoms with E-state index in [2.05, 4.69) is 9.97 Å². The van der Waals surface area contributed by atoms with Crippen molar-refractivity contribution in [1.29, 1.82) is 0 Å². The average molecular weight is 380 g/mol. The molecule has 1 aliphatic heterocycles. The van der Waals surface area contributed by atoms with Crippen molar-refractivity contribution in [2.75, 3.05) is 13.1 Å². The first kappa shape index (κ1) is 17.6. The van der Waals surface area contributed by atoms with Gasteiger partial charge in [0.2, 0.25) is 0 Å². The number of likely N-dealkylation sites (tertiary alicyclic amines) is 1. The Labute approximate surface area is 161 Å². The molecule has 0 aliphatic carbocycles. The first-order valence-corrected chi connectivity index (χ1v) is 9.75. The van der Waals surface area contributed by atoms with E-state index in [1.54, 1.807) is 12.4 Å². The summed E-state index contributed by atoms with van der Waals surface area (Å²) in [4.78, 5) is 36.7. The van der Waals surface area contributed by atoms with Gasteiger partial charge in [-0.05, 0) is 43.5 Å². The Morgan fingerprint density at radius 1 is 1.26 bits per heavy atom. The Morgan fingerprint density at radius 2 is 2.11 bits per heavy atom. The van der Waals surface area contributed by atoms with Crippen LogP contribution in [0.15, 0.2) is 36.7 Å². The van der Waals surface area contributed by atoms with Gasteiger partial charge in [0.25, 0.3) is 11.8 Å². The minimum Gasteiger partial charge on any atom is -0.365 e. The lowest BCUT2D eigenvalue weighted by atomic mass is 9.88. The van der Waals surface area contributed by atoms with E-state index < -0.39 is 5.91 Å². The number of piperidine rings is 1. The van der Waals surface area contributed by atoms with Crippen LogP contribution in [0.5, 0.6) is 0 Å². The summed E-state index contributed by atoms with van der Waals surface area (Å²) in [5.41, 5.74) is 8.05. The Morgan fingerprint density at radius 3 is 2.85 bits per heavy atom. The van der Waals surface area contributed by atoms with Gasteiger partial charge in [0, 0.05) is 42.5 Å². The van der Waals surface area contributed by atoms with E-state index in [0.29, 0.717) is 23.5 Å². The second kappa shape index (κ2) is 7.08. The monoisotopic (exact) mass is 380 g/mol. The second-order valence-corrected chi connectivity index (χ2v) is 7.84. The minimum absolute atomic E-state index is 0.0227. The maximum absolute atomic E-state index is 12.9. The van der Waals surface area contributed by atoms with Gasteiger partial charge in [-0.3, -0.25) is 14.6 Å². The molecule has 1 aliphatic rings. The number of amides is 2. The summed E-state index contributed by atoms with van der Waals surface area (Å²) in [5.74, 6) is -0.383. The third kappa shape index (κ3) is 3.30. The highest BCUT2D eigenvalue weighted by atomic mass is 32.1. The first-order chi connectivity index (χ1) is 13.0. The van der Waals surface area contributed by atoms with Gasteiger partial charge >= 0.3 is 0 Å². The fraction of sp³-hybridized carbons (Fsp3) is 0.300. The molecule has 1 fully saturated rings. The number of aromatic nitrogens is 2. The quantitative estimate of drug-likeness (QED) is 0.756. The number of thiophene rings is 1. The van der Waals surface area contributed by atoms with E-state index in [1.807, 2.05) is 36.1 Å². The first-order valence-electron chi connectivity index (χ1n) is 8.93. The molecule has 138 valence electrons. The summed E-state index contributed by atoms with van der Waals surface area (Å²) >= 11 is 1.33. The fourth-order valence-electron chi connectivity index (χ4n) is 3.71. The van der Waals surface area contributed by atoms with Crippen LogP contribution in [0.1, 0.15) is 50.0 Å². The van der Waals surface area contributed by atoms with Crippen molar-refractivity contribution in [3.8, 4) is 0 Å². The van der Waals surface area contributed by atoms with Crippen molar-refractivity contribution in [3.05, 3.63) is 58.4 Å². The maximum Gasteiger partial charge on any atom is 0.259 e. The Balaban J connectivity index is 1.66. The van der Waals surface area contributed by atoms with Crippen molar-refractivity contribution >= 4 is 33.4 Å². The van der Waals surface area contributed by atoms with E-state index in [9.17, 15) is 9.59 Å². The Hall–Kier alpha value is -2.80. The summed E-state index contributed by atoms with van der Waals surface area (Å²) < 4.78 is 0. The number of hydrogen-bond donors (Lipinski definition) is 1. The number of fused-ring (bicyclic) bond motifs is 1. The van der Waals surface area contributed by atoms with Crippen LogP contribution < -0.4 is 5.73 Å². The lowest BCUT2D eigenvalue weighted by molar-refractivity contribution is 0.0707. The van der Waals surface area contributed by atoms with Crippen LogP contribution in [0.25, 0.3) is 10.2 Å². The molecular weight excluding hydrogens is 360 g/mol. The molecule has 27 heavy (non-hydrogen) atoms. The highest BCUT2D eigenvalue weighted by molar-refractivity contribution is 7.20. The smallest absolute Gasteiger partial charge is 0.259 e. The lowest BCUT2D eigenvalue weighted by Gasteiger charge is -2.33. The van der Waals surface area contributed by atoms with Crippen molar-refractivity contribution in [2.45, 2.75) is 25.7 Å². The normalized spacial score (nSPS) is 17.2. The molecule has 3 aromatic heterocycles. The van der Waals surface area contributed by atoms with Crippen molar-refractivity contribution in [1.82, 2.24) is 14.9 Å². The highest BCUT2D eigenvalue weighted by Crippen LogP contribution is 2.39. The molecular formula is C20H20N4O2S. The molecule has 7 heteroatoms. The number of primary amides is 1. The van der Waals surface area contributed by atoms with Gasteiger partial charge in [-0.2, -0.15) is 0 Å². The SMILES string of the molecule is Cc1ccc(C(=O)N2CCC[C@H](c3c(C(N)=O)sc4ncccc34)C2)cn1. The zero-order chi connectivity index (χ0) is 19.0. The molecule has 4 rings (SSSR count). The standard InChI is InChI=1S/C20H20N4O2S/c1-12-6-7-13(10-23-12)20(26)24-9-3-4-14(11-24)16-15-5-2-8-22-19(15)27-17(16)18(21)25/h2,5-8,10,14H,3-4,9,11H2,1H3,(H2,21,25)/t14-/m0/s1. The van der Waals surface area contributed by atoms with E-state index in [0.717, 1.165) is 34.3 Å². The molecule has 1 atom stereocenters. The lowest BCUT2D eigenvalue weighted by Crippen LogP contribution is -2.39. The fourth-order valence-corrected chi connectivity index (χ4v) is 4.80. The number of aryl methyl sites for hydroxylation is 1. The van der Waals surface area contributed by atoms with Crippen molar-refractivity contribution < 1.29 is 9.59 Å². The van der Waals surface area contributed by atoms with Gasteiger partial charge in [-0.15, -0.1) is 11.3 Å². The van der Waals surface area contributed by atoms with Crippen LogP contribution in [0.2, 0.25) is 0 Å². The zero-order valence-corrected chi connectivity index (χ0v) is 15.8. The number of nitrogens with two attached hydrogens (primary N) is 1. The molecule has 0 saturated carbocycles. The number of pyridine rings is 2. The molecule has 3 aromatic rings. The topological polar surface area (TPSA) is 89.2 Å². The number of carbonyl (C=O) groups is 2. The molecule has 2 N–H and O–H groups in total. The van der Waals surface area contributed by atoms with Gasteiger partial charge in [-0.1, -0.05) is 6.07 Å². The molecule has 2 amide bonds. The number of rotatable bonds is 3. The van der Waals surface area contributed by atoms with Crippen LogP contribution in [0.4, 0.5) is 0 Å². The predicted octanol–water partition coefficient (Wildman–Crippen LogP) is 3.12. The molecule has 0 spiro atoms. The van der Waals surface area contributed by atoms with E-state index in [4.69, 9.17) is 5.73 Å². The van der Waals surface area contributed by atoms with E-state index in [-0.39, 0.29) is 11.8 Å². The summed E-state index contributed by atoms with van der Waals surface area (Å²) in [5, 5.41) is 0.965. The number of carbonyl (C=O) groups excluding carboxylic acids is 2. The number of nitrogens with zero attached hydrogens (tertiary/aromatic N) is 3. The molecule has 1 saturated heterocycles. The minimum atomic E-state index is -0.431. The van der Waals surface area contributed by atoms with Crippen LogP contribution in [-0.2, 0) is 0 Å². The largest absolute Gasteiger partial charge is 0.365 e. The summed E-state index contributed by atoms with van der Waals surface area (Å²) in [6.45, 7) is 3.16. The highest BCUT2D eigenvalue weighted by Gasteiger charge is 2.30. The molecule has 0 aromatic carbocycles. The predicted molar refractivity (Wildman–Crippen MR) is 105 cm³/mol. The van der Waals surface area contributed by atoms with Gasteiger partial charge in [0.15, 0.2) is 0 Å². The number of hydrogen-bond acceptors (Lipinski definition) is 5. The third-order valence-electron chi connectivity index (χ3n) is 5.00. The van der Waals surface area contributed by atoms with Crippen LogP contribution in [-0.4, -0.2) is 39.8 Å². The van der Waals surface area contributed by atoms with Crippen LogP contribution in [0.3, 0.4) is 0 Å². The Kier molecular flexibility index (Phi) is 4.61. The summed E-state index contributed by atoms with van der Waals surface area (Å²) in [7, 11) is 0. The maximum atomic E-state index is 12.9. The summed E-state index contributed by atoms with van der Waals surface area (Å²) in [6.07, 6.45) is 5.14. The van der Waals surface area contributed by atoms with Crippen molar-refractivity contribution in [2.24, 2.45) is 5.73 Å². The van der Waals surface area contributed by atoms with Crippen LogP contribution in [0, 0.1) is 6.92 Å². The van der Waals surface area contributed by atoms with E-state index in [1.165, 1.54) is 11.3 Å². The molecule has 4 heterocycles. The van der Waals surface area contributed by atoms with Gasteiger partial charge in [0.1, 0.15) is 4.83 Å². The molecule has 0 bridgehead atoms. The second-order valence-electron chi connectivity index (χ2n) is 6.84. The van der Waals surface area contributed by atoms with Crippen molar-refractivity contribution in [3.63, 3.8) is 0 Å². The third-order valence-corrected chi connectivity index (χ3v) is 6.15. The molecule has 0 unspecified atom stereocenters. The Bertz CT molecular complexity index is 1010. The average Bonchev–Trinajstić information content (AvgIpc) is 3.08. The molecule has 6 nitrogen and oxygen atoms in total. The van der Waals surface area contributed by atoms with Gasteiger partial charge < -0.3 is 10.6 Å². The van der Waals surface area contributed by atoms with Gasteiger partial charge in [0.05, 0.1) is 10.4 Å².